The molecule has 0 saturated heterocycles. The SMILES string of the molecule is COc1ccc(COCc2c(Cl)cccc2Br)cc1. The highest BCUT2D eigenvalue weighted by Crippen LogP contribution is 2.25. The van der Waals surface area contributed by atoms with E-state index >= 15 is 0 Å². The van der Waals surface area contributed by atoms with Gasteiger partial charge in [-0.25, -0.2) is 0 Å². The number of hydrogen-bond donors (Lipinski definition) is 0. The summed E-state index contributed by atoms with van der Waals surface area (Å²) in [5.74, 6) is 0.845. The molecule has 0 aliphatic rings. The second kappa shape index (κ2) is 6.94. The Bertz CT molecular complexity index is 520. The fraction of sp³-hybridized carbons (Fsp3) is 0.200. The van der Waals surface area contributed by atoms with Crippen molar-refractivity contribution in [2.45, 2.75) is 13.2 Å². The summed E-state index contributed by atoms with van der Waals surface area (Å²) in [6.07, 6.45) is 0. The Morgan fingerprint density at radius 2 is 1.79 bits per heavy atom. The first-order chi connectivity index (χ1) is 9.20. The summed E-state index contributed by atoms with van der Waals surface area (Å²) < 4.78 is 11.8. The lowest BCUT2D eigenvalue weighted by molar-refractivity contribution is 0.107. The molecule has 0 bridgehead atoms. The van der Waals surface area contributed by atoms with Crippen LogP contribution in [0.1, 0.15) is 11.1 Å². The second-order valence-corrected chi connectivity index (χ2v) is 5.30. The molecule has 2 aromatic rings. The van der Waals surface area contributed by atoms with E-state index in [4.69, 9.17) is 21.1 Å². The molecule has 100 valence electrons. The van der Waals surface area contributed by atoms with Crippen LogP contribution in [0.25, 0.3) is 0 Å². The zero-order chi connectivity index (χ0) is 13.7. The van der Waals surface area contributed by atoms with E-state index < -0.39 is 0 Å². The van der Waals surface area contributed by atoms with Crippen molar-refractivity contribution in [1.82, 2.24) is 0 Å². The Morgan fingerprint density at radius 1 is 1.05 bits per heavy atom. The Kier molecular flexibility index (Phi) is 5.25. The highest BCUT2D eigenvalue weighted by atomic mass is 79.9. The van der Waals surface area contributed by atoms with Crippen LogP contribution in [0, 0.1) is 0 Å². The first kappa shape index (κ1) is 14.4. The normalized spacial score (nSPS) is 10.5. The van der Waals surface area contributed by atoms with E-state index in [0.29, 0.717) is 18.2 Å². The van der Waals surface area contributed by atoms with Crippen LogP contribution in [0.15, 0.2) is 46.9 Å². The van der Waals surface area contributed by atoms with Crippen LogP contribution in [0.4, 0.5) is 0 Å². The molecule has 0 heterocycles. The van der Waals surface area contributed by atoms with E-state index in [0.717, 1.165) is 21.3 Å². The largest absolute Gasteiger partial charge is 0.497 e. The maximum absolute atomic E-state index is 6.12. The molecule has 2 nitrogen and oxygen atoms in total. The number of benzene rings is 2. The van der Waals surface area contributed by atoms with Gasteiger partial charge >= 0.3 is 0 Å². The van der Waals surface area contributed by atoms with Crippen LogP contribution in [-0.4, -0.2) is 7.11 Å². The molecule has 0 aromatic heterocycles. The molecule has 0 aliphatic carbocycles. The standard InChI is InChI=1S/C15H14BrClO2/c1-18-12-7-5-11(6-8-12)9-19-10-13-14(16)3-2-4-15(13)17/h2-8H,9-10H2,1H3. The molecule has 0 aliphatic heterocycles. The van der Waals surface area contributed by atoms with Gasteiger partial charge in [0.15, 0.2) is 0 Å². The van der Waals surface area contributed by atoms with Gasteiger partial charge in [0, 0.05) is 15.1 Å². The van der Waals surface area contributed by atoms with Crippen LogP contribution >= 0.6 is 27.5 Å². The van der Waals surface area contributed by atoms with Crippen LogP contribution in [0.5, 0.6) is 5.75 Å². The predicted octanol–water partition coefficient (Wildman–Crippen LogP) is 4.83. The quantitative estimate of drug-likeness (QED) is 0.775. The minimum absolute atomic E-state index is 0.478. The first-order valence-corrected chi connectivity index (χ1v) is 7.01. The predicted molar refractivity (Wildman–Crippen MR) is 80.6 cm³/mol. The highest BCUT2D eigenvalue weighted by molar-refractivity contribution is 9.10. The lowest BCUT2D eigenvalue weighted by Crippen LogP contribution is -1.96. The molecule has 2 aromatic carbocycles. The summed E-state index contributed by atoms with van der Waals surface area (Å²) in [5, 5.41) is 0.712. The van der Waals surface area contributed by atoms with E-state index in [-0.39, 0.29) is 0 Å². The van der Waals surface area contributed by atoms with Gasteiger partial charge in [0.05, 0.1) is 20.3 Å². The minimum Gasteiger partial charge on any atom is -0.497 e. The minimum atomic E-state index is 0.478. The maximum Gasteiger partial charge on any atom is 0.118 e. The van der Waals surface area contributed by atoms with Gasteiger partial charge in [-0.15, -0.1) is 0 Å². The third kappa shape index (κ3) is 3.96. The smallest absolute Gasteiger partial charge is 0.118 e. The van der Waals surface area contributed by atoms with Gasteiger partial charge in [-0.05, 0) is 29.8 Å². The van der Waals surface area contributed by atoms with Gasteiger partial charge in [-0.3, -0.25) is 0 Å². The van der Waals surface area contributed by atoms with Crippen molar-refractivity contribution in [2.75, 3.05) is 7.11 Å². The summed E-state index contributed by atoms with van der Waals surface area (Å²) in [6, 6.07) is 13.5. The Hall–Kier alpha value is -1.03. The Labute approximate surface area is 126 Å². The number of rotatable bonds is 5. The van der Waals surface area contributed by atoms with Crippen molar-refractivity contribution < 1.29 is 9.47 Å². The van der Waals surface area contributed by atoms with Crippen molar-refractivity contribution >= 4 is 27.5 Å². The fourth-order valence-electron chi connectivity index (χ4n) is 1.66. The van der Waals surface area contributed by atoms with Crippen LogP contribution < -0.4 is 4.74 Å². The topological polar surface area (TPSA) is 18.5 Å². The van der Waals surface area contributed by atoms with E-state index in [1.807, 2.05) is 42.5 Å². The van der Waals surface area contributed by atoms with Crippen molar-refractivity contribution in [3.63, 3.8) is 0 Å². The molecular weight excluding hydrogens is 328 g/mol. The van der Waals surface area contributed by atoms with Crippen LogP contribution in [0.2, 0.25) is 5.02 Å². The molecule has 0 unspecified atom stereocenters. The van der Waals surface area contributed by atoms with Crippen molar-refractivity contribution in [3.05, 3.63) is 63.1 Å². The summed E-state index contributed by atoms with van der Waals surface area (Å²) in [7, 11) is 1.65. The van der Waals surface area contributed by atoms with Crippen molar-refractivity contribution in [3.8, 4) is 5.75 Å². The van der Waals surface area contributed by atoms with Crippen molar-refractivity contribution in [1.29, 1.82) is 0 Å². The zero-order valence-corrected chi connectivity index (χ0v) is 12.9. The van der Waals surface area contributed by atoms with Gasteiger partial charge in [0.1, 0.15) is 5.75 Å². The third-order valence-corrected chi connectivity index (χ3v) is 3.83. The molecule has 0 radical (unpaired) electrons. The zero-order valence-electron chi connectivity index (χ0n) is 10.5. The summed E-state index contributed by atoms with van der Waals surface area (Å²) >= 11 is 9.60. The molecule has 0 amide bonds. The average molecular weight is 342 g/mol. The second-order valence-electron chi connectivity index (χ2n) is 4.04. The number of ether oxygens (including phenoxy) is 2. The molecular formula is C15H14BrClO2. The van der Waals surface area contributed by atoms with E-state index in [1.54, 1.807) is 7.11 Å². The number of hydrogen-bond acceptors (Lipinski definition) is 2. The van der Waals surface area contributed by atoms with Crippen LogP contribution in [0.3, 0.4) is 0 Å². The first-order valence-electron chi connectivity index (χ1n) is 5.84. The lowest BCUT2D eigenvalue weighted by atomic mass is 10.2. The van der Waals surface area contributed by atoms with E-state index in [2.05, 4.69) is 15.9 Å². The fourth-order valence-corrected chi connectivity index (χ4v) is 2.49. The lowest BCUT2D eigenvalue weighted by Gasteiger charge is -2.08. The molecule has 19 heavy (non-hydrogen) atoms. The highest BCUT2D eigenvalue weighted by Gasteiger charge is 2.05. The van der Waals surface area contributed by atoms with Gasteiger partial charge in [-0.1, -0.05) is 45.7 Å². The molecule has 2 rings (SSSR count). The molecule has 0 N–H and O–H groups in total. The number of halogens is 2. The summed E-state index contributed by atoms with van der Waals surface area (Å²) in [5.41, 5.74) is 2.07. The number of methoxy groups -OCH3 is 1. The summed E-state index contributed by atoms with van der Waals surface area (Å²) in [6.45, 7) is 1.02. The van der Waals surface area contributed by atoms with Gasteiger partial charge in [0.25, 0.3) is 0 Å². The molecule has 4 heteroatoms. The Balaban J connectivity index is 1.92. The van der Waals surface area contributed by atoms with Crippen LogP contribution in [-0.2, 0) is 18.0 Å². The Morgan fingerprint density at radius 3 is 2.42 bits per heavy atom. The van der Waals surface area contributed by atoms with E-state index in [9.17, 15) is 0 Å². The van der Waals surface area contributed by atoms with Crippen molar-refractivity contribution in [2.24, 2.45) is 0 Å². The molecule has 0 saturated carbocycles. The molecule has 0 spiro atoms. The summed E-state index contributed by atoms with van der Waals surface area (Å²) in [4.78, 5) is 0. The monoisotopic (exact) mass is 340 g/mol. The molecule has 0 fully saturated rings. The van der Waals surface area contributed by atoms with E-state index in [1.165, 1.54) is 0 Å². The average Bonchev–Trinajstić information content (AvgIpc) is 2.43. The van der Waals surface area contributed by atoms with Gasteiger partial charge in [0.2, 0.25) is 0 Å². The maximum atomic E-state index is 6.12. The van der Waals surface area contributed by atoms with Gasteiger partial charge < -0.3 is 9.47 Å². The van der Waals surface area contributed by atoms with Gasteiger partial charge in [-0.2, -0.15) is 0 Å². The molecule has 0 atom stereocenters. The third-order valence-electron chi connectivity index (χ3n) is 2.74.